The number of hydrogen-bond acceptors (Lipinski definition) is 4. The zero-order valence-corrected chi connectivity index (χ0v) is 13.6. The number of nitrogens with two attached hydrogens (primary N) is 1. The van der Waals surface area contributed by atoms with E-state index in [2.05, 4.69) is 6.92 Å². The van der Waals surface area contributed by atoms with Crippen molar-refractivity contribution in [3.8, 4) is 0 Å². The first-order valence-corrected chi connectivity index (χ1v) is 7.34. The van der Waals surface area contributed by atoms with E-state index in [-0.39, 0.29) is 36.2 Å². The maximum absolute atomic E-state index is 12.6. The number of halogens is 1. The van der Waals surface area contributed by atoms with Crippen molar-refractivity contribution in [2.24, 2.45) is 17.6 Å². The second kappa shape index (κ2) is 7.96. The van der Waals surface area contributed by atoms with Gasteiger partial charge in [0.15, 0.2) is 0 Å². The van der Waals surface area contributed by atoms with Gasteiger partial charge in [-0.15, -0.1) is 12.4 Å². The molecule has 2 saturated heterocycles. The molecule has 2 aliphatic rings. The molecule has 0 aliphatic carbocycles. The van der Waals surface area contributed by atoms with Crippen LogP contribution in [0, 0.1) is 11.8 Å². The zero-order valence-electron chi connectivity index (χ0n) is 12.8. The molecular formula is C14H26ClN3O3. The Morgan fingerprint density at radius 1 is 1.43 bits per heavy atom. The molecule has 6 nitrogen and oxygen atoms in total. The second-order valence-electron chi connectivity index (χ2n) is 5.91. The van der Waals surface area contributed by atoms with Gasteiger partial charge < -0.3 is 20.3 Å². The summed E-state index contributed by atoms with van der Waals surface area (Å²) < 4.78 is 4.99. The zero-order chi connectivity index (χ0) is 14.7. The first kappa shape index (κ1) is 18.2. The van der Waals surface area contributed by atoms with Gasteiger partial charge in [0.2, 0.25) is 11.8 Å². The SMILES string of the molecule is COCCN1CC(C(=O)N2CC(CN)CC2C)CC1=O.Cl. The number of carbonyl (C=O) groups excluding carboxylic acids is 2. The Morgan fingerprint density at radius 2 is 2.14 bits per heavy atom. The van der Waals surface area contributed by atoms with Crippen molar-refractivity contribution >= 4 is 24.2 Å². The average molecular weight is 320 g/mol. The molecule has 2 aliphatic heterocycles. The van der Waals surface area contributed by atoms with Crippen molar-refractivity contribution in [2.75, 3.05) is 39.9 Å². The number of amides is 2. The van der Waals surface area contributed by atoms with E-state index >= 15 is 0 Å². The van der Waals surface area contributed by atoms with Crippen LogP contribution in [0.5, 0.6) is 0 Å². The van der Waals surface area contributed by atoms with E-state index in [1.54, 1.807) is 12.0 Å². The molecule has 3 unspecified atom stereocenters. The Morgan fingerprint density at radius 3 is 2.71 bits per heavy atom. The first-order valence-electron chi connectivity index (χ1n) is 7.34. The van der Waals surface area contributed by atoms with Gasteiger partial charge in [-0.3, -0.25) is 9.59 Å². The lowest BCUT2D eigenvalue weighted by atomic mass is 10.1. The van der Waals surface area contributed by atoms with Crippen LogP contribution in [0.1, 0.15) is 19.8 Å². The van der Waals surface area contributed by atoms with Gasteiger partial charge in [0.1, 0.15) is 0 Å². The molecule has 2 rings (SSSR count). The van der Waals surface area contributed by atoms with Gasteiger partial charge >= 0.3 is 0 Å². The minimum atomic E-state index is -0.196. The highest BCUT2D eigenvalue weighted by Gasteiger charge is 2.40. The Balaban J connectivity index is 0.00000220. The van der Waals surface area contributed by atoms with E-state index in [0.29, 0.717) is 38.6 Å². The Kier molecular flexibility index (Phi) is 6.90. The van der Waals surface area contributed by atoms with Gasteiger partial charge in [-0.2, -0.15) is 0 Å². The van der Waals surface area contributed by atoms with Crippen molar-refractivity contribution in [3.63, 3.8) is 0 Å². The monoisotopic (exact) mass is 319 g/mol. The fourth-order valence-electron chi connectivity index (χ4n) is 3.21. The summed E-state index contributed by atoms with van der Waals surface area (Å²) in [6.45, 7) is 5.03. The van der Waals surface area contributed by atoms with E-state index in [9.17, 15) is 9.59 Å². The Hall–Kier alpha value is -0.850. The van der Waals surface area contributed by atoms with Gasteiger partial charge in [-0.05, 0) is 25.8 Å². The normalized spacial score (nSPS) is 28.9. The molecule has 0 saturated carbocycles. The fraction of sp³-hybridized carbons (Fsp3) is 0.857. The van der Waals surface area contributed by atoms with Crippen molar-refractivity contribution < 1.29 is 14.3 Å². The van der Waals surface area contributed by atoms with Gasteiger partial charge in [-0.25, -0.2) is 0 Å². The average Bonchev–Trinajstić information content (AvgIpc) is 2.99. The van der Waals surface area contributed by atoms with Crippen molar-refractivity contribution in [2.45, 2.75) is 25.8 Å². The molecule has 0 aromatic carbocycles. The third-order valence-corrected chi connectivity index (χ3v) is 4.41. The van der Waals surface area contributed by atoms with Gasteiger partial charge in [0.05, 0.1) is 12.5 Å². The van der Waals surface area contributed by atoms with E-state index in [0.717, 1.165) is 13.0 Å². The molecule has 7 heteroatoms. The summed E-state index contributed by atoms with van der Waals surface area (Å²) in [5, 5.41) is 0. The van der Waals surface area contributed by atoms with Crippen LogP contribution in [-0.2, 0) is 14.3 Å². The molecule has 2 N–H and O–H groups in total. The Bertz CT molecular complexity index is 380. The molecular weight excluding hydrogens is 294 g/mol. The molecule has 0 radical (unpaired) electrons. The van der Waals surface area contributed by atoms with E-state index in [4.69, 9.17) is 10.5 Å². The molecule has 2 fully saturated rings. The lowest BCUT2D eigenvalue weighted by Gasteiger charge is -2.25. The molecule has 122 valence electrons. The predicted molar refractivity (Wildman–Crippen MR) is 82.1 cm³/mol. The van der Waals surface area contributed by atoms with Crippen LogP contribution in [0.2, 0.25) is 0 Å². The van der Waals surface area contributed by atoms with Crippen LogP contribution in [0.15, 0.2) is 0 Å². The quantitative estimate of drug-likeness (QED) is 0.780. The van der Waals surface area contributed by atoms with Crippen molar-refractivity contribution in [1.82, 2.24) is 9.80 Å². The summed E-state index contributed by atoms with van der Waals surface area (Å²) in [5.74, 6) is 0.373. The smallest absolute Gasteiger partial charge is 0.228 e. The molecule has 0 aromatic heterocycles. The van der Waals surface area contributed by atoms with E-state index in [1.165, 1.54) is 0 Å². The topological polar surface area (TPSA) is 75.9 Å². The highest BCUT2D eigenvalue weighted by atomic mass is 35.5. The van der Waals surface area contributed by atoms with Gasteiger partial charge in [0.25, 0.3) is 0 Å². The predicted octanol–water partition coefficient (Wildman–Crippen LogP) is 0.0988. The molecule has 0 bridgehead atoms. The van der Waals surface area contributed by atoms with Crippen LogP contribution in [0.25, 0.3) is 0 Å². The minimum Gasteiger partial charge on any atom is -0.383 e. The number of carbonyl (C=O) groups is 2. The molecule has 0 spiro atoms. The molecule has 0 aromatic rings. The highest BCUT2D eigenvalue weighted by molar-refractivity contribution is 5.89. The van der Waals surface area contributed by atoms with Gasteiger partial charge in [-0.1, -0.05) is 0 Å². The molecule has 2 heterocycles. The first-order chi connectivity index (χ1) is 9.56. The second-order valence-corrected chi connectivity index (χ2v) is 5.91. The van der Waals surface area contributed by atoms with Crippen LogP contribution >= 0.6 is 12.4 Å². The summed E-state index contributed by atoms with van der Waals surface area (Å²) in [5.41, 5.74) is 5.70. The van der Waals surface area contributed by atoms with Crippen LogP contribution in [0.3, 0.4) is 0 Å². The van der Waals surface area contributed by atoms with Crippen molar-refractivity contribution in [1.29, 1.82) is 0 Å². The minimum absolute atomic E-state index is 0. The number of likely N-dealkylation sites (tertiary alicyclic amines) is 2. The lowest BCUT2D eigenvalue weighted by molar-refractivity contribution is -0.136. The maximum Gasteiger partial charge on any atom is 0.228 e. The standard InChI is InChI=1S/C14H25N3O3.ClH/c1-10-5-11(7-15)8-17(10)14(19)12-6-13(18)16(9-12)3-4-20-2;/h10-12H,3-9,15H2,1-2H3;1H. The number of ether oxygens (including phenoxy) is 1. The number of methoxy groups -OCH3 is 1. The van der Waals surface area contributed by atoms with E-state index in [1.807, 2.05) is 4.90 Å². The third-order valence-electron chi connectivity index (χ3n) is 4.41. The molecule has 21 heavy (non-hydrogen) atoms. The largest absolute Gasteiger partial charge is 0.383 e. The number of rotatable bonds is 5. The van der Waals surface area contributed by atoms with Gasteiger partial charge in [0, 0.05) is 39.2 Å². The Labute approximate surface area is 132 Å². The molecule has 2 amide bonds. The highest BCUT2D eigenvalue weighted by Crippen LogP contribution is 2.27. The maximum atomic E-state index is 12.6. The van der Waals surface area contributed by atoms with Crippen LogP contribution in [0.4, 0.5) is 0 Å². The summed E-state index contributed by atoms with van der Waals surface area (Å²) in [6, 6.07) is 0.235. The van der Waals surface area contributed by atoms with Crippen LogP contribution in [-0.4, -0.2) is 67.6 Å². The number of hydrogen-bond donors (Lipinski definition) is 1. The van der Waals surface area contributed by atoms with Crippen molar-refractivity contribution in [3.05, 3.63) is 0 Å². The summed E-state index contributed by atoms with van der Waals surface area (Å²) >= 11 is 0. The summed E-state index contributed by atoms with van der Waals surface area (Å²) in [4.78, 5) is 28.1. The molecule has 3 atom stereocenters. The lowest BCUT2D eigenvalue weighted by Crippen LogP contribution is -2.40. The number of nitrogens with zero attached hydrogens (tertiary/aromatic N) is 2. The van der Waals surface area contributed by atoms with Crippen LogP contribution < -0.4 is 5.73 Å². The fourth-order valence-corrected chi connectivity index (χ4v) is 3.21. The summed E-state index contributed by atoms with van der Waals surface area (Å²) in [6.07, 6.45) is 1.30. The van der Waals surface area contributed by atoms with E-state index < -0.39 is 0 Å². The third kappa shape index (κ3) is 4.08. The summed E-state index contributed by atoms with van der Waals surface area (Å²) in [7, 11) is 1.61.